The van der Waals surface area contributed by atoms with Gasteiger partial charge in [-0.05, 0) is 34.9 Å². The van der Waals surface area contributed by atoms with E-state index in [1.807, 2.05) is 73.5 Å². The van der Waals surface area contributed by atoms with Crippen molar-refractivity contribution in [2.24, 2.45) is 5.41 Å². The topological polar surface area (TPSA) is 53.0 Å². The van der Waals surface area contributed by atoms with Crippen molar-refractivity contribution in [3.63, 3.8) is 0 Å². The second-order valence-electron chi connectivity index (χ2n) is 10.6. The first-order valence-electron chi connectivity index (χ1n) is 12.8. The Labute approximate surface area is 230 Å². The fourth-order valence-electron chi connectivity index (χ4n) is 5.47. The number of allylic oxidation sites excluding steroid dienone is 1. The third-order valence-electron chi connectivity index (χ3n) is 7.45. The summed E-state index contributed by atoms with van der Waals surface area (Å²) in [6, 6.07) is 19.7. The fraction of sp³-hybridized carbons (Fsp3) is 0.258. The number of ether oxygens (including phenoxy) is 1. The van der Waals surface area contributed by atoms with E-state index in [0.29, 0.717) is 17.7 Å². The monoisotopic (exact) mass is 546 g/mol. The van der Waals surface area contributed by atoms with E-state index >= 15 is 4.39 Å². The van der Waals surface area contributed by atoms with E-state index in [1.54, 1.807) is 23.4 Å². The zero-order chi connectivity index (χ0) is 27.3. The number of carbonyl (C=O) groups is 1. The van der Waals surface area contributed by atoms with Gasteiger partial charge in [0.2, 0.25) is 0 Å². The van der Waals surface area contributed by atoms with Crippen LogP contribution in [0.1, 0.15) is 42.1 Å². The summed E-state index contributed by atoms with van der Waals surface area (Å²) < 4.78 is 35.7. The molecule has 1 N–H and O–H groups in total. The van der Waals surface area contributed by atoms with E-state index in [9.17, 15) is 14.3 Å². The van der Waals surface area contributed by atoms with E-state index < -0.39 is 29.2 Å². The minimum Gasteiger partial charge on any atom is -0.488 e. The van der Waals surface area contributed by atoms with Gasteiger partial charge in [0, 0.05) is 34.4 Å². The number of halogens is 2. The highest BCUT2D eigenvalue weighted by atomic mass is 32.2. The zero-order valence-electron chi connectivity index (χ0n) is 21.6. The molecule has 3 heterocycles. The maximum atomic E-state index is 15.2. The Kier molecular flexibility index (Phi) is 6.57. The SMILES string of the molecule is CC1(C)CN([C@H]2c3ccccc3SCc3c2ccc(F)c3F)N2C=CC(O)C(OCc3ccccc3)=C2C1=O. The number of thioether (sulfide) groups is 1. The summed E-state index contributed by atoms with van der Waals surface area (Å²) in [5.41, 5.74) is 2.17. The predicted molar refractivity (Wildman–Crippen MR) is 145 cm³/mol. The Bertz CT molecular complexity index is 1500. The van der Waals surface area contributed by atoms with Crippen molar-refractivity contribution in [2.45, 2.75) is 43.2 Å². The van der Waals surface area contributed by atoms with E-state index in [-0.39, 0.29) is 29.6 Å². The molecule has 0 radical (unpaired) electrons. The average molecular weight is 547 g/mol. The average Bonchev–Trinajstić information content (AvgIpc) is 3.10. The molecule has 0 spiro atoms. The maximum absolute atomic E-state index is 15.2. The van der Waals surface area contributed by atoms with Crippen LogP contribution in [-0.4, -0.2) is 33.6 Å². The molecule has 0 aromatic heterocycles. The Hall–Kier alpha value is -3.46. The van der Waals surface area contributed by atoms with Crippen LogP contribution in [0, 0.1) is 17.0 Å². The first kappa shape index (κ1) is 25.8. The molecule has 3 aromatic carbocycles. The van der Waals surface area contributed by atoms with Gasteiger partial charge in [0.05, 0.1) is 6.04 Å². The quantitative estimate of drug-likeness (QED) is 0.427. The highest BCUT2D eigenvalue weighted by molar-refractivity contribution is 7.98. The lowest BCUT2D eigenvalue weighted by atomic mass is 9.81. The van der Waals surface area contributed by atoms with E-state index in [4.69, 9.17) is 4.74 Å². The number of ketones is 1. The Morgan fingerprint density at radius 1 is 1.03 bits per heavy atom. The number of hydrogen-bond acceptors (Lipinski definition) is 6. The molecular formula is C31H28F2N2O3S. The lowest BCUT2D eigenvalue weighted by molar-refractivity contribution is -0.141. The second kappa shape index (κ2) is 9.93. The number of hydrogen-bond donors (Lipinski definition) is 1. The van der Waals surface area contributed by atoms with E-state index in [2.05, 4.69) is 0 Å². The van der Waals surface area contributed by atoms with Crippen LogP contribution in [0.3, 0.4) is 0 Å². The molecule has 0 amide bonds. The minimum atomic E-state index is -1.10. The lowest BCUT2D eigenvalue weighted by Gasteiger charge is -2.50. The molecule has 0 saturated carbocycles. The van der Waals surface area contributed by atoms with Crippen molar-refractivity contribution in [1.82, 2.24) is 10.0 Å². The van der Waals surface area contributed by atoms with Crippen molar-refractivity contribution >= 4 is 17.5 Å². The van der Waals surface area contributed by atoms with Crippen LogP contribution in [0.25, 0.3) is 0 Å². The van der Waals surface area contributed by atoms with Gasteiger partial charge in [-0.15, -0.1) is 11.8 Å². The summed E-state index contributed by atoms with van der Waals surface area (Å²) in [6.07, 6.45) is 2.14. The van der Waals surface area contributed by atoms with Gasteiger partial charge in [0.25, 0.3) is 0 Å². The van der Waals surface area contributed by atoms with Gasteiger partial charge in [-0.25, -0.2) is 13.8 Å². The fourth-order valence-corrected chi connectivity index (χ4v) is 6.59. The van der Waals surface area contributed by atoms with E-state index in [1.165, 1.54) is 17.8 Å². The number of fused-ring (bicyclic) bond motifs is 3. The molecule has 1 saturated heterocycles. The van der Waals surface area contributed by atoms with Gasteiger partial charge in [0.15, 0.2) is 23.2 Å². The molecule has 3 aliphatic rings. The van der Waals surface area contributed by atoms with Crippen molar-refractivity contribution < 1.29 is 23.4 Å². The normalized spacial score (nSPS) is 22.2. The highest BCUT2D eigenvalue weighted by Crippen LogP contribution is 2.48. The molecule has 39 heavy (non-hydrogen) atoms. The predicted octanol–water partition coefficient (Wildman–Crippen LogP) is 6.10. The van der Waals surface area contributed by atoms with Gasteiger partial charge in [-0.3, -0.25) is 9.80 Å². The van der Waals surface area contributed by atoms with Crippen LogP contribution in [0.2, 0.25) is 0 Å². The molecule has 1 fully saturated rings. The van der Waals surface area contributed by atoms with Crippen molar-refractivity contribution in [2.75, 3.05) is 6.54 Å². The van der Waals surface area contributed by atoms with Crippen LogP contribution in [0.4, 0.5) is 8.78 Å². The molecule has 0 aliphatic carbocycles. The molecule has 200 valence electrons. The van der Waals surface area contributed by atoms with Crippen molar-refractivity contribution in [3.05, 3.63) is 124 Å². The number of hydrazine groups is 1. The highest BCUT2D eigenvalue weighted by Gasteiger charge is 2.49. The molecule has 6 rings (SSSR count). The first-order chi connectivity index (χ1) is 18.8. The molecular weight excluding hydrogens is 518 g/mol. The molecule has 8 heteroatoms. The van der Waals surface area contributed by atoms with Crippen molar-refractivity contribution in [3.8, 4) is 0 Å². The van der Waals surface area contributed by atoms with Gasteiger partial charge >= 0.3 is 0 Å². The number of Topliss-reactive ketones (excluding diaryl/α,β-unsaturated/α-hetero) is 1. The van der Waals surface area contributed by atoms with Crippen LogP contribution in [-0.2, 0) is 21.9 Å². The summed E-state index contributed by atoms with van der Waals surface area (Å²) in [5.74, 6) is -1.44. The largest absolute Gasteiger partial charge is 0.488 e. The second-order valence-corrected chi connectivity index (χ2v) is 11.6. The third-order valence-corrected chi connectivity index (χ3v) is 8.57. The van der Waals surface area contributed by atoms with E-state index in [0.717, 1.165) is 16.0 Å². The molecule has 3 aromatic rings. The van der Waals surface area contributed by atoms with Crippen LogP contribution < -0.4 is 0 Å². The number of carbonyl (C=O) groups excluding carboxylic acids is 1. The first-order valence-corrected chi connectivity index (χ1v) is 13.8. The lowest BCUT2D eigenvalue weighted by Crippen LogP contribution is -2.57. The molecule has 1 unspecified atom stereocenters. The summed E-state index contributed by atoms with van der Waals surface area (Å²) in [4.78, 5) is 14.8. The Balaban J connectivity index is 1.51. The molecule has 3 aliphatic heterocycles. The standard InChI is InChI=1S/C31H28F2N2O3S/c1-31(2)18-35(27-20-12-13-23(32)26(33)22(20)17-39-25-11-7-6-10-21(25)27)34-15-14-24(36)29(28(34)30(31)37)38-16-19-8-4-3-5-9-19/h3-15,24,27,36H,16-18H2,1-2H3/t24?,27-/m1/s1. The summed E-state index contributed by atoms with van der Waals surface area (Å²) in [6.45, 7) is 4.21. The number of nitrogens with zero attached hydrogens (tertiary/aromatic N) is 2. The number of aliphatic hydroxyl groups is 1. The summed E-state index contributed by atoms with van der Waals surface area (Å²) >= 11 is 1.47. The van der Waals surface area contributed by atoms with Crippen LogP contribution in [0.15, 0.2) is 95.4 Å². The van der Waals surface area contributed by atoms with Gasteiger partial charge in [0.1, 0.15) is 18.4 Å². The summed E-state index contributed by atoms with van der Waals surface area (Å²) in [7, 11) is 0. The Morgan fingerprint density at radius 3 is 2.56 bits per heavy atom. The minimum absolute atomic E-state index is 0.160. The smallest absolute Gasteiger partial charge is 0.191 e. The molecule has 2 atom stereocenters. The maximum Gasteiger partial charge on any atom is 0.191 e. The number of benzene rings is 3. The number of rotatable bonds is 4. The summed E-state index contributed by atoms with van der Waals surface area (Å²) in [5, 5.41) is 14.7. The van der Waals surface area contributed by atoms with Gasteiger partial charge in [-0.1, -0.05) is 68.4 Å². The third kappa shape index (κ3) is 4.46. The van der Waals surface area contributed by atoms with Crippen LogP contribution in [0.5, 0.6) is 0 Å². The number of aliphatic hydroxyl groups excluding tert-OH is 1. The van der Waals surface area contributed by atoms with Gasteiger partial charge < -0.3 is 9.84 Å². The molecule has 5 nitrogen and oxygen atoms in total. The Morgan fingerprint density at radius 2 is 1.77 bits per heavy atom. The zero-order valence-corrected chi connectivity index (χ0v) is 22.4. The van der Waals surface area contributed by atoms with Crippen molar-refractivity contribution in [1.29, 1.82) is 0 Å². The van der Waals surface area contributed by atoms with Crippen LogP contribution >= 0.6 is 11.8 Å². The van der Waals surface area contributed by atoms with Gasteiger partial charge in [-0.2, -0.15) is 0 Å². The molecule has 0 bridgehead atoms.